The average molecular weight is 239 g/mol. The quantitative estimate of drug-likeness (QED) is 0.768. The highest BCUT2D eigenvalue weighted by atomic mass is 16.1. The molecule has 17 heavy (non-hydrogen) atoms. The van der Waals surface area contributed by atoms with Crippen LogP contribution in [0.4, 0.5) is 0 Å². The van der Waals surface area contributed by atoms with E-state index in [0.717, 1.165) is 25.9 Å². The first kappa shape index (κ1) is 12.8. The molecule has 2 fully saturated rings. The van der Waals surface area contributed by atoms with Crippen molar-refractivity contribution < 1.29 is 4.79 Å². The zero-order chi connectivity index (χ0) is 12.3. The van der Waals surface area contributed by atoms with Crippen LogP contribution in [0.5, 0.6) is 0 Å². The third-order valence-electron chi connectivity index (χ3n) is 4.24. The molecule has 2 aliphatic rings. The van der Waals surface area contributed by atoms with E-state index in [4.69, 9.17) is 5.73 Å². The van der Waals surface area contributed by atoms with E-state index in [0.29, 0.717) is 6.04 Å². The smallest absolute Gasteiger partial charge is 0.239 e. The number of amides is 1. The molecule has 98 valence electrons. The van der Waals surface area contributed by atoms with E-state index < -0.39 is 5.54 Å². The van der Waals surface area contributed by atoms with Gasteiger partial charge in [0, 0.05) is 12.6 Å². The number of carbonyl (C=O) groups is 1. The van der Waals surface area contributed by atoms with Crippen molar-refractivity contribution in [3.8, 4) is 0 Å². The normalized spacial score (nSPS) is 32.5. The molecule has 0 bridgehead atoms. The molecule has 1 aliphatic carbocycles. The maximum absolute atomic E-state index is 11.8. The van der Waals surface area contributed by atoms with Crippen LogP contribution in [-0.2, 0) is 4.79 Å². The first-order valence-electron chi connectivity index (χ1n) is 6.88. The van der Waals surface area contributed by atoms with Gasteiger partial charge >= 0.3 is 0 Å². The van der Waals surface area contributed by atoms with Gasteiger partial charge in [-0.25, -0.2) is 0 Å². The Morgan fingerprint density at radius 2 is 2.00 bits per heavy atom. The second kappa shape index (κ2) is 5.36. The Balaban J connectivity index is 2.02. The van der Waals surface area contributed by atoms with Gasteiger partial charge in [0.2, 0.25) is 5.91 Å². The predicted molar refractivity (Wildman–Crippen MR) is 68.7 cm³/mol. The van der Waals surface area contributed by atoms with Gasteiger partial charge in [0.15, 0.2) is 0 Å². The summed E-state index contributed by atoms with van der Waals surface area (Å²) in [4.78, 5) is 14.0. The fourth-order valence-electron chi connectivity index (χ4n) is 3.30. The molecular weight excluding hydrogens is 214 g/mol. The van der Waals surface area contributed by atoms with Crippen molar-refractivity contribution in [2.45, 2.75) is 56.5 Å². The van der Waals surface area contributed by atoms with Crippen LogP contribution < -0.4 is 11.1 Å². The molecular formula is C13H25N3O. The standard InChI is InChI=1S/C13H25N3O/c1-16-9-5-8-13(10-16,12(14)17)15-11-6-3-2-4-7-11/h11,15H,2-10H2,1H3,(H2,14,17). The zero-order valence-corrected chi connectivity index (χ0v) is 10.9. The Morgan fingerprint density at radius 3 is 2.59 bits per heavy atom. The van der Waals surface area contributed by atoms with Crippen LogP contribution in [0.15, 0.2) is 0 Å². The number of likely N-dealkylation sites (N-methyl/N-ethyl adjacent to an activating group) is 1. The van der Waals surface area contributed by atoms with Gasteiger partial charge in [-0.3, -0.25) is 10.1 Å². The second-order valence-electron chi connectivity index (χ2n) is 5.77. The zero-order valence-electron chi connectivity index (χ0n) is 10.9. The van der Waals surface area contributed by atoms with Crippen molar-refractivity contribution in [1.82, 2.24) is 10.2 Å². The van der Waals surface area contributed by atoms with Gasteiger partial charge in [-0.15, -0.1) is 0 Å². The summed E-state index contributed by atoms with van der Waals surface area (Å²) < 4.78 is 0. The fourth-order valence-corrected chi connectivity index (χ4v) is 3.30. The maximum Gasteiger partial charge on any atom is 0.239 e. The fraction of sp³-hybridized carbons (Fsp3) is 0.923. The van der Waals surface area contributed by atoms with E-state index in [1.54, 1.807) is 0 Å². The topological polar surface area (TPSA) is 58.4 Å². The lowest BCUT2D eigenvalue weighted by Crippen LogP contribution is -2.65. The molecule has 4 nitrogen and oxygen atoms in total. The Hall–Kier alpha value is -0.610. The summed E-state index contributed by atoms with van der Waals surface area (Å²) in [6.45, 7) is 1.83. The minimum Gasteiger partial charge on any atom is -0.368 e. The van der Waals surface area contributed by atoms with Crippen LogP contribution in [0.2, 0.25) is 0 Å². The Morgan fingerprint density at radius 1 is 1.29 bits per heavy atom. The van der Waals surface area contributed by atoms with Crippen LogP contribution >= 0.6 is 0 Å². The highest BCUT2D eigenvalue weighted by Gasteiger charge is 2.41. The average Bonchev–Trinajstić information content (AvgIpc) is 2.30. The first-order valence-corrected chi connectivity index (χ1v) is 6.88. The number of nitrogens with zero attached hydrogens (tertiary/aromatic N) is 1. The summed E-state index contributed by atoms with van der Waals surface area (Å²) in [5.41, 5.74) is 5.18. The van der Waals surface area contributed by atoms with E-state index in [2.05, 4.69) is 17.3 Å². The van der Waals surface area contributed by atoms with Crippen molar-refractivity contribution in [1.29, 1.82) is 0 Å². The molecule has 4 heteroatoms. The Bertz CT molecular complexity index is 276. The number of hydrogen-bond acceptors (Lipinski definition) is 3. The van der Waals surface area contributed by atoms with E-state index in [-0.39, 0.29) is 5.91 Å². The number of carbonyl (C=O) groups excluding carboxylic acids is 1. The summed E-state index contributed by atoms with van der Waals surface area (Å²) in [5.74, 6) is -0.172. The molecule has 2 rings (SSSR count). The molecule has 1 aliphatic heterocycles. The second-order valence-corrected chi connectivity index (χ2v) is 5.77. The molecule has 0 aromatic heterocycles. The highest BCUT2D eigenvalue weighted by molar-refractivity contribution is 5.85. The van der Waals surface area contributed by atoms with E-state index in [9.17, 15) is 4.79 Å². The number of rotatable bonds is 3. The summed E-state index contributed by atoms with van der Waals surface area (Å²) in [7, 11) is 2.07. The molecule has 1 unspecified atom stereocenters. The monoisotopic (exact) mass is 239 g/mol. The maximum atomic E-state index is 11.8. The molecule has 0 aromatic carbocycles. The third kappa shape index (κ3) is 2.99. The van der Waals surface area contributed by atoms with Crippen LogP contribution in [0.1, 0.15) is 44.9 Å². The third-order valence-corrected chi connectivity index (χ3v) is 4.24. The molecule has 0 spiro atoms. The minimum atomic E-state index is -0.477. The van der Waals surface area contributed by atoms with Crippen molar-refractivity contribution in [2.24, 2.45) is 5.73 Å². The van der Waals surface area contributed by atoms with Gasteiger partial charge in [-0.2, -0.15) is 0 Å². The van der Waals surface area contributed by atoms with Crippen molar-refractivity contribution in [3.05, 3.63) is 0 Å². The van der Waals surface area contributed by atoms with Crippen LogP contribution in [0.3, 0.4) is 0 Å². The van der Waals surface area contributed by atoms with Gasteiger partial charge in [0.25, 0.3) is 0 Å². The molecule has 0 aromatic rings. The SMILES string of the molecule is CN1CCCC(NC2CCCCC2)(C(N)=O)C1. The highest BCUT2D eigenvalue weighted by Crippen LogP contribution is 2.25. The number of piperidine rings is 1. The Kier molecular flexibility index (Phi) is 4.05. The summed E-state index contributed by atoms with van der Waals surface area (Å²) in [6, 6.07) is 0.489. The lowest BCUT2D eigenvalue weighted by atomic mass is 9.85. The van der Waals surface area contributed by atoms with Crippen LogP contribution in [0, 0.1) is 0 Å². The van der Waals surface area contributed by atoms with Gasteiger partial charge < -0.3 is 10.6 Å². The van der Waals surface area contributed by atoms with Crippen LogP contribution in [-0.4, -0.2) is 42.5 Å². The number of nitrogens with one attached hydrogen (secondary N) is 1. The lowest BCUT2D eigenvalue weighted by Gasteiger charge is -2.42. The van der Waals surface area contributed by atoms with Crippen molar-refractivity contribution in [3.63, 3.8) is 0 Å². The molecule has 0 radical (unpaired) electrons. The van der Waals surface area contributed by atoms with E-state index in [1.165, 1.54) is 32.1 Å². The van der Waals surface area contributed by atoms with E-state index >= 15 is 0 Å². The number of hydrogen-bond donors (Lipinski definition) is 2. The number of nitrogens with two attached hydrogens (primary N) is 1. The van der Waals surface area contributed by atoms with Crippen molar-refractivity contribution >= 4 is 5.91 Å². The largest absolute Gasteiger partial charge is 0.368 e. The molecule has 1 saturated carbocycles. The van der Waals surface area contributed by atoms with Gasteiger partial charge in [-0.1, -0.05) is 19.3 Å². The predicted octanol–water partition coefficient (Wildman–Crippen LogP) is 0.858. The summed E-state index contributed by atoms with van der Waals surface area (Å²) >= 11 is 0. The molecule has 1 saturated heterocycles. The van der Waals surface area contributed by atoms with Gasteiger partial charge in [0.05, 0.1) is 0 Å². The Labute approximate surface area is 104 Å². The van der Waals surface area contributed by atoms with Gasteiger partial charge in [-0.05, 0) is 39.3 Å². The minimum absolute atomic E-state index is 0.172. The molecule has 1 amide bonds. The number of likely N-dealkylation sites (tertiary alicyclic amines) is 1. The van der Waals surface area contributed by atoms with E-state index in [1.807, 2.05) is 0 Å². The van der Waals surface area contributed by atoms with Gasteiger partial charge in [0.1, 0.15) is 5.54 Å². The first-order chi connectivity index (χ1) is 8.12. The number of primary amides is 1. The molecule has 1 atom stereocenters. The van der Waals surface area contributed by atoms with Crippen LogP contribution in [0.25, 0.3) is 0 Å². The summed E-state index contributed by atoms with van der Waals surface area (Å²) in [6.07, 6.45) is 8.23. The lowest BCUT2D eigenvalue weighted by molar-refractivity contribution is -0.127. The molecule has 3 N–H and O–H groups in total. The summed E-state index contributed by atoms with van der Waals surface area (Å²) in [5, 5.41) is 3.58. The molecule has 1 heterocycles. The van der Waals surface area contributed by atoms with Crippen molar-refractivity contribution in [2.75, 3.05) is 20.1 Å².